The summed E-state index contributed by atoms with van der Waals surface area (Å²) in [5.41, 5.74) is -0.315. The van der Waals surface area contributed by atoms with Gasteiger partial charge in [-0.25, -0.2) is 9.78 Å². The second-order valence-corrected chi connectivity index (χ2v) is 4.71. The van der Waals surface area contributed by atoms with E-state index in [0.29, 0.717) is 5.69 Å². The topological polar surface area (TPSA) is 102 Å². The van der Waals surface area contributed by atoms with Crippen LogP contribution in [0, 0.1) is 0 Å². The highest BCUT2D eigenvalue weighted by Crippen LogP contribution is 2.16. The van der Waals surface area contributed by atoms with E-state index in [1.54, 1.807) is 20.8 Å². The van der Waals surface area contributed by atoms with Crippen LogP contribution >= 0.6 is 0 Å². The molecule has 0 aliphatic heterocycles. The van der Waals surface area contributed by atoms with Gasteiger partial charge in [0.1, 0.15) is 17.6 Å². The number of carboxylic acids is 1. The van der Waals surface area contributed by atoms with Crippen molar-refractivity contribution in [3.63, 3.8) is 0 Å². The van der Waals surface area contributed by atoms with Gasteiger partial charge in [0.05, 0.1) is 12.5 Å². The van der Waals surface area contributed by atoms with Crippen molar-refractivity contribution in [3.05, 3.63) is 18.4 Å². The molecular formula is C11H16N2O5. The third kappa shape index (κ3) is 4.86. The Hall–Kier alpha value is -2.05. The lowest BCUT2D eigenvalue weighted by molar-refractivity contribution is -0.137. The Morgan fingerprint density at radius 2 is 2.22 bits per heavy atom. The first kappa shape index (κ1) is 14.0. The van der Waals surface area contributed by atoms with E-state index in [9.17, 15) is 9.59 Å². The van der Waals surface area contributed by atoms with Gasteiger partial charge in [-0.15, -0.1) is 0 Å². The molecule has 0 fully saturated rings. The normalized spacial score (nSPS) is 12.8. The first-order valence-electron chi connectivity index (χ1n) is 5.37. The highest BCUT2D eigenvalue weighted by molar-refractivity contribution is 5.71. The number of hydrogen-bond acceptors (Lipinski definition) is 5. The number of rotatable bonds is 4. The maximum absolute atomic E-state index is 11.6. The summed E-state index contributed by atoms with van der Waals surface area (Å²) in [6, 6.07) is -0.781. The van der Waals surface area contributed by atoms with E-state index in [1.165, 1.54) is 12.7 Å². The van der Waals surface area contributed by atoms with Crippen LogP contribution in [0.1, 0.15) is 38.9 Å². The molecule has 0 radical (unpaired) electrons. The maximum atomic E-state index is 11.6. The average Bonchev–Trinajstić information content (AvgIpc) is 2.64. The van der Waals surface area contributed by atoms with E-state index in [0.717, 1.165) is 0 Å². The van der Waals surface area contributed by atoms with E-state index in [-0.39, 0.29) is 6.42 Å². The third-order valence-electron chi connectivity index (χ3n) is 1.88. The first-order chi connectivity index (χ1) is 8.28. The van der Waals surface area contributed by atoms with E-state index in [4.69, 9.17) is 14.3 Å². The summed E-state index contributed by atoms with van der Waals surface area (Å²) >= 11 is 0. The van der Waals surface area contributed by atoms with Crippen LogP contribution in [-0.2, 0) is 9.53 Å². The van der Waals surface area contributed by atoms with Crippen LogP contribution in [-0.4, -0.2) is 27.8 Å². The Morgan fingerprint density at radius 1 is 1.56 bits per heavy atom. The van der Waals surface area contributed by atoms with Crippen LogP contribution in [0.5, 0.6) is 0 Å². The molecule has 18 heavy (non-hydrogen) atoms. The van der Waals surface area contributed by atoms with Gasteiger partial charge in [-0.2, -0.15) is 0 Å². The quantitative estimate of drug-likeness (QED) is 0.850. The molecule has 1 rings (SSSR count). The minimum absolute atomic E-state index is 0.300. The van der Waals surface area contributed by atoms with Crippen LogP contribution < -0.4 is 5.32 Å². The standard InChI is InChI=1S/C11H16N2O5/c1-11(2,3)18-10(16)13-7(4-9(14)15)8-5-17-6-12-8/h5-7H,4H2,1-3H3,(H,13,16)(H,14,15). The lowest BCUT2D eigenvalue weighted by Crippen LogP contribution is -2.35. The minimum Gasteiger partial charge on any atom is -0.481 e. The molecule has 0 saturated heterocycles. The zero-order valence-corrected chi connectivity index (χ0v) is 10.5. The molecule has 2 N–H and O–H groups in total. The summed E-state index contributed by atoms with van der Waals surface area (Å²) in [6.45, 7) is 5.15. The number of alkyl carbamates (subject to hydrolysis) is 1. The molecule has 7 nitrogen and oxygen atoms in total. The molecule has 1 amide bonds. The summed E-state index contributed by atoms with van der Waals surface area (Å²) in [5, 5.41) is 11.2. The highest BCUT2D eigenvalue weighted by atomic mass is 16.6. The molecular weight excluding hydrogens is 240 g/mol. The van der Waals surface area contributed by atoms with Crippen molar-refractivity contribution in [2.75, 3.05) is 0 Å². The summed E-state index contributed by atoms with van der Waals surface area (Å²) < 4.78 is 9.81. The molecule has 1 unspecified atom stereocenters. The Balaban J connectivity index is 2.68. The fourth-order valence-corrected chi connectivity index (χ4v) is 1.25. The SMILES string of the molecule is CC(C)(C)OC(=O)NC(CC(=O)O)c1cocn1. The Bertz CT molecular complexity index is 408. The first-order valence-corrected chi connectivity index (χ1v) is 5.37. The smallest absolute Gasteiger partial charge is 0.408 e. The van der Waals surface area contributed by atoms with Crippen molar-refractivity contribution < 1.29 is 23.8 Å². The summed E-state index contributed by atoms with van der Waals surface area (Å²) in [5.74, 6) is -1.06. The van der Waals surface area contributed by atoms with Crippen molar-refractivity contribution in [1.82, 2.24) is 10.3 Å². The van der Waals surface area contributed by atoms with Crippen LogP contribution in [0.4, 0.5) is 4.79 Å². The van der Waals surface area contributed by atoms with E-state index in [2.05, 4.69) is 10.3 Å². The predicted molar refractivity (Wildman–Crippen MR) is 60.9 cm³/mol. The lowest BCUT2D eigenvalue weighted by Gasteiger charge is -2.22. The van der Waals surface area contributed by atoms with Crippen LogP contribution in [0.25, 0.3) is 0 Å². The van der Waals surface area contributed by atoms with Gasteiger partial charge >= 0.3 is 12.1 Å². The van der Waals surface area contributed by atoms with Gasteiger partial charge < -0.3 is 19.6 Å². The summed E-state index contributed by atoms with van der Waals surface area (Å²) in [6.07, 6.45) is 1.45. The molecule has 0 saturated carbocycles. The van der Waals surface area contributed by atoms with E-state index in [1.807, 2.05) is 0 Å². The Kier molecular flexibility index (Phi) is 4.30. The second-order valence-electron chi connectivity index (χ2n) is 4.71. The molecule has 1 heterocycles. The zero-order valence-electron chi connectivity index (χ0n) is 10.5. The summed E-state index contributed by atoms with van der Waals surface area (Å²) in [4.78, 5) is 26.1. The van der Waals surface area contributed by atoms with Gasteiger partial charge in [0.15, 0.2) is 6.39 Å². The Morgan fingerprint density at radius 3 is 2.67 bits per heavy atom. The van der Waals surface area contributed by atoms with Crippen LogP contribution in [0.3, 0.4) is 0 Å². The monoisotopic (exact) mass is 256 g/mol. The number of carbonyl (C=O) groups excluding carboxylic acids is 1. The van der Waals surface area contributed by atoms with Gasteiger partial charge in [0.25, 0.3) is 0 Å². The predicted octanol–water partition coefficient (Wildman–Crippen LogP) is 1.72. The number of aliphatic carboxylic acids is 1. The maximum Gasteiger partial charge on any atom is 0.408 e. The van der Waals surface area contributed by atoms with Crippen LogP contribution in [0.2, 0.25) is 0 Å². The molecule has 0 aliphatic carbocycles. The number of oxazole rings is 1. The molecule has 0 bridgehead atoms. The lowest BCUT2D eigenvalue weighted by atomic mass is 10.1. The van der Waals surface area contributed by atoms with Crippen molar-refractivity contribution in [1.29, 1.82) is 0 Å². The largest absolute Gasteiger partial charge is 0.481 e. The fraction of sp³-hybridized carbons (Fsp3) is 0.545. The van der Waals surface area contributed by atoms with Crippen molar-refractivity contribution in [2.24, 2.45) is 0 Å². The number of aromatic nitrogens is 1. The van der Waals surface area contributed by atoms with Gasteiger partial charge in [-0.3, -0.25) is 4.79 Å². The number of carbonyl (C=O) groups is 2. The number of ether oxygens (including phenoxy) is 1. The molecule has 100 valence electrons. The van der Waals surface area contributed by atoms with Gasteiger partial charge in [0.2, 0.25) is 0 Å². The molecule has 0 aromatic carbocycles. The van der Waals surface area contributed by atoms with Crippen molar-refractivity contribution in [2.45, 2.75) is 38.8 Å². The van der Waals surface area contributed by atoms with E-state index >= 15 is 0 Å². The van der Waals surface area contributed by atoms with Gasteiger partial charge in [-0.05, 0) is 20.8 Å². The molecule has 1 aromatic rings. The summed E-state index contributed by atoms with van der Waals surface area (Å²) in [7, 11) is 0. The molecule has 0 aliphatic rings. The van der Waals surface area contributed by atoms with E-state index < -0.39 is 23.7 Å². The minimum atomic E-state index is -1.06. The number of nitrogens with one attached hydrogen (secondary N) is 1. The Labute approximate surface area is 104 Å². The number of carboxylic acid groups (broad SMARTS) is 1. The van der Waals surface area contributed by atoms with Crippen molar-refractivity contribution >= 4 is 12.1 Å². The highest BCUT2D eigenvalue weighted by Gasteiger charge is 2.23. The fourth-order valence-electron chi connectivity index (χ4n) is 1.25. The second kappa shape index (κ2) is 5.52. The third-order valence-corrected chi connectivity index (χ3v) is 1.88. The number of hydrogen-bond donors (Lipinski definition) is 2. The van der Waals surface area contributed by atoms with Gasteiger partial charge in [-0.1, -0.05) is 0 Å². The molecule has 1 aromatic heterocycles. The number of amides is 1. The van der Waals surface area contributed by atoms with Crippen molar-refractivity contribution in [3.8, 4) is 0 Å². The number of nitrogens with zero attached hydrogens (tertiary/aromatic N) is 1. The molecule has 0 spiro atoms. The zero-order chi connectivity index (χ0) is 13.8. The van der Waals surface area contributed by atoms with Crippen LogP contribution in [0.15, 0.2) is 17.1 Å². The average molecular weight is 256 g/mol. The molecule has 1 atom stereocenters. The molecule has 7 heteroatoms. The van der Waals surface area contributed by atoms with Gasteiger partial charge in [0, 0.05) is 0 Å².